The highest BCUT2D eigenvalue weighted by molar-refractivity contribution is 5.37. The Morgan fingerprint density at radius 1 is 1.37 bits per heavy atom. The Morgan fingerprint density at radius 3 is 2.84 bits per heavy atom. The standard InChI is InChI=1S/C15H26N4/c1-4-5-13-6-7-19(11-13)15-10-17-14(9-18-15)8-16-12(2)3/h9-10,12-13,16H,4-8,11H2,1-3H3. The first-order chi connectivity index (χ1) is 9.19. The summed E-state index contributed by atoms with van der Waals surface area (Å²) in [7, 11) is 0. The molecule has 106 valence electrons. The van der Waals surface area contributed by atoms with Gasteiger partial charge in [-0.3, -0.25) is 4.98 Å². The van der Waals surface area contributed by atoms with Crippen LogP contribution in [-0.4, -0.2) is 29.1 Å². The van der Waals surface area contributed by atoms with Crippen LogP contribution in [0.3, 0.4) is 0 Å². The molecule has 0 amide bonds. The number of hydrogen-bond acceptors (Lipinski definition) is 4. The Hall–Kier alpha value is -1.16. The van der Waals surface area contributed by atoms with Crippen LogP contribution in [0.2, 0.25) is 0 Å². The topological polar surface area (TPSA) is 41.1 Å². The zero-order chi connectivity index (χ0) is 13.7. The number of rotatable bonds is 6. The zero-order valence-electron chi connectivity index (χ0n) is 12.4. The van der Waals surface area contributed by atoms with Crippen LogP contribution in [0, 0.1) is 5.92 Å². The van der Waals surface area contributed by atoms with Gasteiger partial charge in [-0.05, 0) is 18.8 Å². The molecular formula is C15H26N4. The number of anilines is 1. The predicted molar refractivity (Wildman–Crippen MR) is 79.2 cm³/mol. The lowest BCUT2D eigenvalue weighted by Crippen LogP contribution is -2.23. The Kier molecular flexibility index (Phi) is 5.14. The van der Waals surface area contributed by atoms with Crippen molar-refractivity contribution in [2.24, 2.45) is 5.92 Å². The van der Waals surface area contributed by atoms with E-state index in [1.807, 2.05) is 12.4 Å². The first-order valence-electron chi connectivity index (χ1n) is 7.48. The molecule has 2 rings (SSSR count). The van der Waals surface area contributed by atoms with Crippen LogP contribution < -0.4 is 10.2 Å². The fourth-order valence-electron chi connectivity index (χ4n) is 2.60. The third-order valence-corrected chi connectivity index (χ3v) is 3.69. The minimum Gasteiger partial charge on any atom is -0.355 e. The third kappa shape index (κ3) is 4.16. The van der Waals surface area contributed by atoms with Crippen molar-refractivity contribution in [1.82, 2.24) is 15.3 Å². The molecule has 0 radical (unpaired) electrons. The van der Waals surface area contributed by atoms with Crippen LogP contribution in [0.5, 0.6) is 0 Å². The molecule has 1 saturated heterocycles. The molecule has 1 fully saturated rings. The van der Waals surface area contributed by atoms with Crippen molar-refractivity contribution in [1.29, 1.82) is 0 Å². The second-order valence-electron chi connectivity index (χ2n) is 5.79. The van der Waals surface area contributed by atoms with Crippen molar-refractivity contribution in [2.45, 2.75) is 52.6 Å². The number of nitrogens with zero attached hydrogens (tertiary/aromatic N) is 3. The first-order valence-corrected chi connectivity index (χ1v) is 7.48. The van der Waals surface area contributed by atoms with Gasteiger partial charge in [-0.25, -0.2) is 4.98 Å². The van der Waals surface area contributed by atoms with Crippen LogP contribution in [-0.2, 0) is 6.54 Å². The SMILES string of the molecule is CCCC1CCN(c2cnc(CNC(C)C)cn2)C1. The second kappa shape index (κ2) is 6.85. The number of hydrogen-bond donors (Lipinski definition) is 1. The molecule has 1 aliphatic rings. The van der Waals surface area contributed by atoms with Gasteiger partial charge in [0.1, 0.15) is 5.82 Å². The summed E-state index contributed by atoms with van der Waals surface area (Å²) in [6.07, 6.45) is 7.74. The van der Waals surface area contributed by atoms with Crippen LogP contribution in [0.1, 0.15) is 45.7 Å². The van der Waals surface area contributed by atoms with Gasteiger partial charge >= 0.3 is 0 Å². The summed E-state index contributed by atoms with van der Waals surface area (Å²) in [6, 6.07) is 0.481. The summed E-state index contributed by atoms with van der Waals surface area (Å²) in [5.41, 5.74) is 1.02. The van der Waals surface area contributed by atoms with E-state index in [9.17, 15) is 0 Å². The molecule has 0 spiro atoms. The van der Waals surface area contributed by atoms with Crippen LogP contribution in [0.4, 0.5) is 5.82 Å². The Bertz CT molecular complexity index is 374. The molecule has 1 atom stereocenters. The fourth-order valence-corrected chi connectivity index (χ4v) is 2.60. The van der Waals surface area contributed by atoms with Gasteiger partial charge in [0.15, 0.2) is 0 Å². The molecule has 2 heterocycles. The highest BCUT2D eigenvalue weighted by Gasteiger charge is 2.22. The fraction of sp³-hybridized carbons (Fsp3) is 0.733. The largest absolute Gasteiger partial charge is 0.355 e. The highest BCUT2D eigenvalue weighted by atomic mass is 15.2. The van der Waals surface area contributed by atoms with Gasteiger partial charge < -0.3 is 10.2 Å². The average molecular weight is 262 g/mol. The van der Waals surface area contributed by atoms with Crippen LogP contribution >= 0.6 is 0 Å². The highest BCUT2D eigenvalue weighted by Crippen LogP contribution is 2.24. The van der Waals surface area contributed by atoms with Crippen LogP contribution in [0.25, 0.3) is 0 Å². The lowest BCUT2D eigenvalue weighted by Gasteiger charge is -2.17. The predicted octanol–water partition coefficient (Wildman–Crippen LogP) is 2.60. The molecule has 1 unspecified atom stereocenters. The molecule has 4 nitrogen and oxygen atoms in total. The van der Waals surface area contributed by atoms with Gasteiger partial charge in [-0.15, -0.1) is 0 Å². The van der Waals surface area contributed by atoms with Crippen molar-refractivity contribution in [3.05, 3.63) is 18.1 Å². The summed E-state index contributed by atoms with van der Waals surface area (Å²) >= 11 is 0. The molecule has 1 aromatic heterocycles. The van der Waals surface area contributed by atoms with Crippen molar-refractivity contribution >= 4 is 5.82 Å². The molecule has 0 aromatic carbocycles. The van der Waals surface area contributed by atoms with Crippen molar-refractivity contribution < 1.29 is 0 Å². The van der Waals surface area contributed by atoms with E-state index in [0.29, 0.717) is 6.04 Å². The van der Waals surface area contributed by atoms with E-state index >= 15 is 0 Å². The molecule has 4 heteroatoms. The van der Waals surface area contributed by atoms with Crippen LogP contribution in [0.15, 0.2) is 12.4 Å². The van der Waals surface area contributed by atoms with E-state index in [2.05, 4.69) is 41.0 Å². The molecule has 1 aliphatic heterocycles. The molecule has 0 bridgehead atoms. The van der Waals surface area contributed by atoms with Gasteiger partial charge in [0.2, 0.25) is 0 Å². The van der Waals surface area contributed by atoms with E-state index in [1.165, 1.54) is 19.3 Å². The summed E-state index contributed by atoms with van der Waals surface area (Å²) in [5.74, 6) is 1.88. The normalized spacial score (nSPS) is 19.4. The maximum Gasteiger partial charge on any atom is 0.147 e. The lowest BCUT2D eigenvalue weighted by atomic mass is 10.0. The molecule has 0 saturated carbocycles. The van der Waals surface area contributed by atoms with Gasteiger partial charge in [0.25, 0.3) is 0 Å². The van der Waals surface area contributed by atoms with Gasteiger partial charge in [0, 0.05) is 25.7 Å². The maximum atomic E-state index is 4.56. The Balaban J connectivity index is 1.88. The summed E-state index contributed by atoms with van der Waals surface area (Å²) in [6.45, 7) is 9.61. The van der Waals surface area contributed by atoms with E-state index in [0.717, 1.165) is 37.1 Å². The van der Waals surface area contributed by atoms with Crippen molar-refractivity contribution in [3.8, 4) is 0 Å². The molecule has 1 N–H and O–H groups in total. The molecule has 19 heavy (non-hydrogen) atoms. The lowest BCUT2D eigenvalue weighted by molar-refractivity contribution is 0.529. The van der Waals surface area contributed by atoms with E-state index in [-0.39, 0.29) is 0 Å². The van der Waals surface area contributed by atoms with Crippen molar-refractivity contribution in [3.63, 3.8) is 0 Å². The molecular weight excluding hydrogens is 236 g/mol. The minimum absolute atomic E-state index is 0.481. The van der Waals surface area contributed by atoms with E-state index < -0.39 is 0 Å². The maximum absolute atomic E-state index is 4.56. The number of nitrogens with one attached hydrogen (secondary N) is 1. The zero-order valence-corrected chi connectivity index (χ0v) is 12.4. The minimum atomic E-state index is 0.481. The third-order valence-electron chi connectivity index (χ3n) is 3.69. The molecule has 1 aromatic rings. The Morgan fingerprint density at radius 2 is 2.21 bits per heavy atom. The summed E-state index contributed by atoms with van der Waals surface area (Å²) in [5, 5.41) is 3.36. The smallest absolute Gasteiger partial charge is 0.147 e. The van der Waals surface area contributed by atoms with E-state index in [1.54, 1.807) is 0 Å². The second-order valence-corrected chi connectivity index (χ2v) is 5.79. The summed E-state index contributed by atoms with van der Waals surface area (Å²) in [4.78, 5) is 11.4. The van der Waals surface area contributed by atoms with Gasteiger partial charge in [-0.1, -0.05) is 27.2 Å². The van der Waals surface area contributed by atoms with E-state index in [4.69, 9.17) is 0 Å². The molecule has 0 aliphatic carbocycles. The van der Waals surface area contributed by atoms with Crippen molar-refractivity contribution in [2.75, 3.05) is 18.0 Å². The average Bonchev–Trinajstić information content (AvgIpc) is 2.86. The number of aromatic nitrogens is 2. The quantitative estimate of drug-likeness (QED) is 0.855. The summed E-state index contributed by atoms with van der Waals surface area (Å²) < 4.78 is 0. The Labute approximate surface area is 116 Å². The van der Waals surface area contributed by atoms with Gasteiger partial charge in [0.05, 0.1) is 18.1 Å². The first kappa shape index (κ1) is 14.3. The monoisotopic (exact) mass is 262 g/mol. The van der Waals surface area contributed by atoms with Gasteiger partial charge in [-0.2, -0.15) is 0 Å².